The van der Waals surface area contributed by atoms with Crippen molar-refractivity contribution < 1.29 is 21.6 Å². The molecule has 5 aromatic rings. The van der Waals surface area contributed by atoms with Gasteiger partial charge < -0.3 is 5.32 Å². The van der Waals surface area contributed by atoms with Crippen LogP contribution >= 0.6 is 27.5 Å². The molecule has 5 rings (SSSR count). The van der Waals surface area contributed by atoms with Crippen LogP contribution in [0.5, 0.6) is 0 Å². The molecule has 0 saturated carbocycles. The topological polar surface area (TPSA) is 88.4 Å². The van der Waals surface area contributed by atoms with Crippen molar-refractivity contribution in [3.63, 3.8) is 0 Å². The minimum absolute atomic E-state index is 0.266. The second kappa shape index (κ2) is 10.5. The van der Waals surface area contributed by atoms with E-state index in [0.717, 1.165) is 35.4 Å². The third-order valence-electron chi connectivity index (χ3n) is 5.75. The van der Waals surface area contributed by atoms with Gasteiger partial charge in [0, 0.05) is 28.9 Å². The average Bonchev–Trinajstić information content (AvgIpc) is 3.28. The predicted molar refractivity (Wildman–Crippen MR) is 147 cm³/mol. The Morgan fingerprint density at radius 1 is 0.974 bits per heavy atom. The summed E-state index contributed by atoms with van der Waals surface area (Å²) in [6.07, 6.45) is -2.91. The van der Waals surface area contributed by atoms with Crippen LogP contribution in [0, 0.1) is 0 Å². The van der Waals surface area contributed by atoms with Crippen LogP contribution in [0.4, 0.5) is 24.7 Å². The number of sulfonamides is 1. The fraction of sp³-hybridized carbons (Fsp3) is 0.0769. The van der Waals surface area contributed by atoms with Crippen molar-refractivity contribution in [1.82, 2.24) is 14.6 Å². The van der Waals surface area contributed by atoms with Crippen LogP contribution in [0.3, 0.4) is 0 Å². The van der Waals surface area contributed by atoms with Crippen LogP contribution in [-0.4, -0.2) is 23.0 Å². The molecular formula is C26H18BrClF3N5O2S. The zero-order valence-corrected chi connectivity index (χ0v) is 22.9. The molecule has 3 aromatic carbocycles. The zero-order valence-electron chi connectivity index (χ0n) is 19.7. The monoisotopic (exact) mass is 635 g/mol. The zero-order chi connectivity index (χ0) is 27.8. The highest BCUT2D eigenvalue weighted by atomic mass is 79.9. The molecule has 0 aliphatic heterocycles. The number of aromatic nitrogens is 3. The maximum atomic E-state index is 12.8. The molecule has 0 unspecified atom stereocenters. The largest absolute Gasteiger partial charge is 0.416 e. The Balaban J connectivity index is 1.32. The van der Waals surface area contributed by atoms with Gasteiger partial charge in [-0.1, -0.05) is 41.9 Å². The molecule has 2 heterocycles. The summed E-state index contributed by atoms with van der Waals surface area (Å²) in [7, 11) is -4.07. The van der Waals surface area contributed by atoms with Gasteiger partial charge >= 0.3 is 6.18 Å². The summed E-state index contributed by atoms with van der Waals surface area (Å²) in [5, 5.41) is 8.25. The van der Waals surface area contributed by atoms with E-state index in [4.69, 9.17) is 11.6 Å². The minimum atomic E-state index is -4.55. The molecule has 39 heavy (non-hydrogen) atoms. The van der Waals surface area contributed by atoms with E-state index in [1.807, 2.05) is 24.3 Å². The fourth-order valence-electron chi connectivity index (χ4n) is 3.79. The van der Waals surface area contributed by atoms with Gasteiger partial charge in [0.05, 0.1) is 26.8 Å². The summed E-state index contributed by atoms with van der Waals surface area (Å²) < 4.78 is 68.3. The molecule has 200 valence electrons. The molecule has 0 radical (unpaired) electrons. The molecule has 0 atom stereocenters. The van der Waals surface area contributed by atoms with Crippen molar-refractivity contribution in [2.75, 3.05) is 10.0 Å². The third kappa shape index (κ3) is 5.87. The summed E-state index contributed by atoms with van der Waals surface area (Å²) >= 11 is 9.86. The van der Waals surface area contributed by atoms with Gasteiger partial charge in [-0.25, -0.2) is 13.4 Å². The standard InChI is InChI=1S/C26H18BrClF3N5O2S/c27-21-15-33-36-24(13-23(34-25(21)36)20-3-1-2-4-22(20)28)32-14-16-5-9-18(10-6-16)35-39(37,38)19-11-7-17(8-12-19)26(29,30)31/h1-13,15,32,35H,14H2. The Hall–Kier alpha value is -3.61. The SMILES string of the molecule is O=S(=O)(Nc1ccc(CNc2cc(-c3ccccc3Cl)nc3c(Br)cnn23)cc1)c1ccc(C(F)(F)F)cc1. The Morgan fingerprint density at radius 2 is 1.67 bits per heavy atom. The number of anilines is 2. The fourth-order valence-corrected chi connectivity index (χ4v) is 5.43. The van der Waals surface area contributed by atoms with Crippen LogP contribution in [0.2, 0.25) is 5.02 Å². The number of hydrogen-bond donors (Lipinski definition) is 2. The Morgan fingerprint density at radius 3 is 2.33 bits per heavy atom. The molecule has 0 saturated heterocycles. The van der Waals surface area contributed by atoms with Crippen molar-refractivity contribution in [3.8, 4) is 11.3 Å². The Labute approximate surface area is 234 Å². The molecule has 13 heteroatoms. The van der Waals surface area contributed by atoms with E-state index in [2.05, 4.69) is 36.1 Å². The smallest absolute Gasteiger partial charge is 0.366 e. The first-order valence-corrected chi connectivity index (χ1v) is 14.0. The van der Waals surface area contributed by atoms with Crippen molar-refractivity contribution in [3.05, 3.63) is 106 Å². The Kier molecular flexibility index (Phi) is 7.27. The summed E-state index contributed by atoms with van der Waals surface area (Å²) in [6, 6.07) is 19.1. The summed E-state index contributed by atoms with van der Waals surface area (Å²) in [5.74, 6) is 0.660. The van der Waals surface area contributed by atoms with Crippen molar-refractivity contribution >= 4 is 54.7 Å². The minimum Gasteiger partial charge on any atom is -0.366 e. The van der Waals surface area contributed by atoms with E-state index < -0.39 is 21.8 Å². The van der Waals surface area contributed by atoms with Crippen molar-refractivity contribution in [2.45, 2.75) is 17.6 Å². The molecule has 0 spiro atoms. The lowest BCUT2D eigenvalue weighted by molar-refractivity contribution is -0.137. The Bertz CT molecular complexity index is 1760. The first-order chi connectivity index (χ1) is 18.5. The molecule has 0 amide bonds. The van der Waals surface area contributed by atoms with Gasteiger partial charge in [-0.05, 0) is 64.0 Å². The van der Waals surface area contributed by atoms with E-state index in [1.54, 1.807) is 41.0 Å². The van der Waals surface area contributed by atoms with E-state index >= 15 is 0 Å². The number of benzene rings is 3. The van der Waals surface area contributed by atoms with E-state index in [1.165, 1.54) is 0 Å². The molecule has 2 aromatic heterocycles. The number of hydrogen-bond acceptors (Lipinski definition) is 5. The summed E-state index contributed by atoms with van der Waals surface area (Å²) in [4.78, 5) is 4.40. The van der Waals surface area contributed by atoms with Gasteiger partial charge in [-0.2, -0.15) is 22.8 Å². The van der Waals surface area contributed by atoms with Crippen molar-refractivity contribution in [1.29, 1.82) is 0 Å². The second-order valence-electron chi connectivity index (χ2n) is 8.41. The van der Waals surface area contributed by atoms with Crippen LogP contribution in [0.1, 0.15) is 11.1 Å². The maximum absolute atomic E-state index is 12.8. The molecule has 0 aliphatic carbocycles. The molecule has 0 fully saturated rings. The molecule has 0 aliphatic rings. The van der Waals surface area contributed by atoms with Gasteiger partial charge in [0.1, 0.15) is 5.82 Å². The highest BCUT2D eigenvalue weighted by molar-refractivity contribution is 9.10. The second-order valence-corrected chi connectivity index (χ2v) is 11.4. The highest BCUT2D eigenvalue weighted by Gasteiger charge is 2.30. The van der Waals surface area contributed by atoms with Crippen LogP contribution in [0.25, 0.3) is 16.9 Å². The van der Waals surface area contributed by atoms with Crippen LogP contribution in [-0.2, 0) is 22.7 Å². The van der Waals surface area contributed by atoms with Gasteiger partial charge in [-0.3, -0.25) is 4.72 Å². The number of nitrogens with zero attached hydrogens (tertiary/aromatic N) is 3. The maximum Gasteiger partial charge on any atom is 0.416 e. The van der Waals surface area contributed by atoms with Crippen LogP contribution in [0.15, 0.2) is 94.4 Å². The number of rotatable bonds is 7. The van der Waals surface area contributed by atoms with Gasteiger partial charge in [-0.15, -0.1) is 0 Å². The highest BCUT2D eigenvalue weighted by Crippen LogP contribution is 2.31. The number of halogens is 5. The van der Waals surface area contributed by atoms with Gasteiger partial charge in [0.25, 0.3) is 10.0 Å². The lowest BCUT2D eigenvalue weighted by atomic mass is 10.1. The molecule has 7 nitrogen and oxygen atoms in total. The average molecular weight is 637 g/mol. The molecule has 0 bridgehead atoms. The summed E-state index contributed by atoms with van der Waals surface area (Å²) in [6.45, 7) is 0.379. The number of nitrogens with one attached hydrogen (secondary N) is 2. The lowest BCUT2D eigenvalue weighted by Gasteiger charge is -2.13. The van der Waals surface area contributed by atoms with E-state index in [0.29, 0.717) is 33.2 Å². The normalized spacial score (nSPS) is 12.0. The number of alkyl halides is 3. The first-order valence-electron chi connectivity index (χ1n) is 11.3. The van der Waals surface area contributed by atoms with E-state index in [9.17, 15) is 21.6 Å². The lowest BCUT2D eigenvalue weighted by Crippen LogP contribution is -2.14. The van der Waals surface area contributed by atoms with E-state index in [-0.39, 0.29) is 10.6 Å². The molecular weight excluding hydrogens is 619 g/mol. The first kappa shape index (κ1) is 27.0. The molecule has 2 N–H and O–H groups in total. The quantitative estimate of drug-likeness (QED) is 0.197. The van der Waals surface area contributed by atoms with Crippen molar-refractivity contribution in [2.24, 2.45) is 0 Å². The van der Waals surface area contributed by atoms with Gasteiger partial charge in [0.2, 0.25) is 0 Å². The van der Waals surface area contributed by atoms with Gasteiger partial charge in [0.15, 0.2) is 5.65 Å². The summed E-state index contributed by atoms with van der Waals surface area (Å²) in [5.41, 5.74) is 2.20. The number of fused-ring (bicyclic) bond motifs is 1. The third-order valence-corrected chi connectivity index (χ3v) is 8.04. The predicted octanol–water partition coefficient (Wildman–Crippen LogP) is 7.24. The van der Waals surface area contributed by atoms with Crippen LogP contribution < -0.4 is 10.0 Å².